The maximum atomic E-state index is 4.17. The van der Waals surface area contributed by atoms with Gasteiger partial charge in [0.2, 0.25) is 0 Å². The fourth-order valence-electron chi connectivity index (χ4n) is 3.35. The summed E-state index contributed by atoms with van der Waals surface area (Å²) in [4.78, 5) is 0. The van der Waals surface area contributed by atoms with E-state index in [4.69, 9.17) is 0 Å². The van der Waals surface area contributed by atoms with Gasteiger partial charge in [0.25, 0.3) is 0 Å². The summed E-state index contributed by atoms with van der Waals surface area (Å²) >= 11 is 0. The molecule has 0 heterocycles. The van der Waals surface area contributed by atoms with Gasteiger partial charge in [0.05, 0.1) is 0 Å². The van der Waals surface area contributed by atoms with Crippen molar-refractivity contribution in [2.75, 3.05) is 7.05 Å². The average molecular weight is 251 g/mol. The van der Waals surface area contributed by atoms with Crippen molar-refractivity contribution in [3.63, 3.8) is 0 Å². The zero-order valence-electron chi connectivity index (χ0n) is 13.2. The van der Waals surface area contributed by atoms with Crippen LogP contribution in [0, 0.1) is 17.3 Å². The second-order valence-corrected chi connectivity index (χ2v) is 7.18. The lowest BCUT2D eigenvalue weighted by molar-refractivity contribution is 0.134. The van der Waals surface area contributed by atoms with Gasteiger partial charge < -0.3 is 5.32 Å². The van der Waals surface area contributed by atoms with Gasteiger partial charge in [-0.05, 0) is 62.8 Å². The molecule has 1 saturated carbocycles. The molecule has 1 rings (SSSR count). The summed E-state index contributed by atoms with van der Waals surface area (Å²) < 4.78 is 0. The van der Waals surface area contributed by atoms with Crippen molar-refractivity contribution in [2.45, 2.75) is 72.3 Å². The Bertz CT molecular complexity index is 253. The van der Waals surface area contributed by atoms with E-state index in [0.29, 0.717) is 11.5 Å². The lowest BCUT2D eigenvalue weighted by atomic mass is 9.68. The van der Waals surface area contributed by atoms with E-state index in [9.17, 15) is 0 Å². The molecule has 106 valence electrons. The van der Waals surface area contributed by atoms with Crippen LogP contribution < -0.4 is 5.32 Å². The van der Waals surface area contributed by atoms with Gasteiger partial charge in [0.1, 0.15) is 0 Å². The topological polar surface area (TPSA) is 12.0 Å². The minimum Gasteiger partial charge on any atom is -0.316 e. The standard InChI is InChI=1S/C17H33N/c1-7-13(2)12-16(18-6)14-8-10-15(11-9-14)17(3,4)5/h14-16,18H,2,7-12H2,1,3-6H3. The van der Waals surface area contributed by atoms with Crippen LogP contribution in [-0.2, 0) is 0 Å². The molecule has 1 unspecified atom stereocenters. The summed E-state index contributed by atoms with van der Waals surface area (Å²) in [7, 11) is 2.11. The Balaban J connectivity index is 2.47. The third-order valence-corrected chi connectivity index (χ3v) is 4.94. The maximum Gasteiger partial charge on any atom is 0.0129 e. The second kappa shape index (κ2) is 6.75. The normalized spacial score (nSPS) is 26.9. The Kier molecular flexibility index (Phi) is 5.91. The molecule has 0 amide bonds. The van der Waals surface area contributed by atoms with Gasteiger partial charge >= 0.3 is 0 Å². The van der Waals surface area contributed by atoms with Crippen LogP contribution in [0.1, 0.15) is 66.2 Å². The molecule has 0 spiro atoms. The minimum atomic E-state index is 0.493. The van der Waals surface area contributed by atoms with Crippen molar-refractivity contribution in [3.05, 3.63) is 12.2 Å². The lowest BCUT2D eigenvalue weighted by Gasteiger charge is -2.39. The summed E-state index contributed by atoms with van der Waals surface area (Å²) in [6.07, 6.45) is 7.89. The monoisotopic (exact) mass is 251 g/mol. The highest BCUT2D eigenvalue weighted by molar-refractivity contribution is 4.98. The molecule has 0 radical (unpaired) electrons. The molecule has 0 saturated heterocycles. The van der Waals surface area contributed by atoms with Crippen LogP contribution in [0.15, 0.2) is 12.2 Å². The predicted molar refractivity (Wildman–Crippen MR) is 81.8 cm³/mol. The van der Waals surface area contributed by atoms with E-state index in [-0.39, 0.29) is 0 Å². The van der Waals surface area contributed by atoms with Crippen LogP contribution in [0.25, 0.3) is 0 Å². The van der Waals surface area contributed by atoms with Crippen LogP contribution in [-0.4, -0.2) is 13.1 Å². The van der Waals surface area contributed by atoms with Gasteiger partial charge in [-0.1, -0.05) is 39.8 Å². The highest BCUT2D eigenvalue weighted by Gasteiger charge is 2.32. The van der Waals surface area contributed by atoms with Gasteiger partial charge in [-0.15, -0.1) is 0 Å². The smallest absolute Gasteiger partial charge is 0.0129 e. The Labute approximate surface area is 114 Å². The van der Waals surface area contributed by atoms with Gasteiger partial charge in [-0.3, -0.25) is 0 Å². The van der Waals surface area contributed by atoms with Crippen LogP contribution in [0.3, 0.4) is 0 Å². The molecule has 1 atom stereocenters. The summed E-state index contributed by atoms with van der Waals surface area (Å²) in [6, 6.07) is 0.651. The van der Waals surface area contributed by atoms with E-state index in [1.54, 1.807) is 0 Å². The van der Waals surface area contributed by atoms with E-state index in [1.165, 1.54) is 31.3 Å². The first-order chi connectivity index (χ1) is 8.38. The van der Waals surface area contributed by atoms with Crippen LogP contribution in [0.5, 0.6) is 0 Å². The van der Waals surface area contributed by atoms with Crippen molar-refractivity contribution in [2.24, 2.45) is 17.3 Å². The van der Waals surface area contributed by atoms with Crippen molar-refractivity contribution in [1.82, 2.24) is 5.32 Å². The molecular weight excluding hydrogens is 218 g/mol. The largest absolute Gasteiger partial charge is 0.316 e. The lowest BCUT2D eigenvalue weighted by Crippen LogP contribution is -2.37. The SMILES string of the molecule is C=C(CC)CC(NC)C1CCC(C(C)(C)C)CC1. The second-order valence-electron chi connectivity index (χ2n) is 7.18. The molecule has 0 bridgehead atoms. The number of nitrogens with one attached hydrogen (secondary N) is 1. The van der Waals surface area contributed by atoms with Gasteiger partial charge in [-0.25, -0.2) is 0 Å². The Morgan fingerprint density at radius 3 is 2.17 bits per heavy atom. The highest BCUT2D eigenvalue weighted by Crippen LogP contribution is 2.41. The Morgan fingerprint density at radius 2 is 1.78 bits per heavy atom. The van der Waals surface area contributed by atoms with Crippen LogP contribution in [0.2, 0.25) is 0 Å². The van der Waals surface area contributed by atoms with Crippen molar-refractivity contribution < 1.29 is 0 Å². The first kappa shape index (κ1) is 15.8. The summed E-state index contributed by atoms with van der Waals surface area (Å²) in [5.41, 5.74) is 1.89. The van der Waals surface area contributed by atoms with Gasteiger partial charge in [0.15, 0.2) is 0 Å². The summed E-state index contributed by atoms with van der Waals surface area (Å²) in [5.74, 6) is 1.78. The number of rotatable bonds is 5. The molecule has 18 heavy (non-hydrogen) atoms. The van der Waals surface area contributed by atoms with E-state index >= 15 is 0 Å². The number of hydrogen-bond donors (Lipinski definition) is 1. The van der Waals surface area contributed by atoms with Crippen molar-refractivity contribution in [1.29, 1.82) is 0 Å². The Hall–Kier alpha value is -0.300. The van der Waals surface area contributed by atoms with Crippen molar-refractivity contribution >= 4 is 0 Å². The first-order valence-corrected chi connectivity index (χ1v) is 7.72. The van der Waals surface area contributed by atoms with E-state index in [1.807, 2.05) is 0 Å². The zero-order chi connectivity index (χ0) is 13.8. The van der Waals surface area contributed by atoms with Gasteiger partial charge in [-0.2, -0.15) is 0 Å². The van der Waals surface area contributed by atoms with E-state index < -0.39 is 0 Å². The van der Waals surface area contributed by atoms with E-state index in [2.05, 4.69) is 46.6 Å². The molecule has 0 aromatic rings. The molecule has 1 heteroatoms. The van der Waals surface area contributed by atoms with Crippen LogP contribution in [0.4, 0.5) is 0 Å². The third-order valence-electron chi connectivity index (χ3n) is 4.94. The average Bonchev–Trinajstić information content (AvgIpc) is 2.34. The van der Waals surface area contributed by atoms with E-state index in [0.717, 1.165) is 24.7 Å². The molecule has 1 aliphatic carbocycles. The zero-order valence-corrected chi connectivity index (χ0v) is 13.2. The minimum absolute atomic E-state index is 0.493. The third kappa shape index (κ3) is 4.42. The molecule has 1 nitrogen and oxygen atoms in total. The maximum absolute atomic E-state index is 4.17. The predicted octanol–water partition coefficient (Wildman–Crippen LogP) is 4.78. The molecular formula is C17H33N. The Morgan fingerprint density at radius 1 is 1.22 bits per heavy atom. The molecule has 0 aromatic carbocycles. The first-order valence-electron chi connectivity index (χ1n) is 7.72. The fraction of sp³-hybridized carbons (Fsp3) is 0.882. The molecule has 1 N–H and O–H groups in total. The fourth-order valence-corrected chi connectivity index (χ4v) is 3.35. The van der Waals surface area contributed by atoms with Crippen LogP contribution >= 0.6 is 0 Å². The highest BCUT2D eigenvalue weighted by atomic mass is 14.9. The van der Waals surface area contributed by atoms with Gasteiger partial charge in [0, 0.05) is 6.04 Å². The molecule has 0 aliphatic heterocycles. The summed E-state index contributed by atoms with van der Waals surface area (Å²) in [6.45, 7) is 13.6. The van der Waals surface area contributed by atoms with Crippen molar-refractivity contribution in [3.8, 4) is 0 Å². The molecule has 0 aromatic heterocycles. The quantitative estimate of drug-likeness (QED) is 0.693. The molecule has 1 aliphatic rings. The molecule has 1 fully saturated rings. The summed E-state index contributed by atoms with van der Waals surface area (Å²) in [5, 5.41) is 3.53. The number of hydrogen-bond acceptors (Lipinski definition) is 1.